The maximum absolute atomic E-state index is 12.2. The number of carbonyl (C=O) groups excluding carboxylic acids is 2. The molecule has 0 aromatic heterocycles. The summed E-state index contributed by atoms with van der Waals surface area (Å²) in [6.45, 7) is 2.84. The van der Waals surface area contributed by atoms with Crippen LogP contribution in [0.25, 0.3) is 0 Å². The van der Waals surface area contributed by atoms with Crippen molar-refractivity contribution in [2.45, 2.75) is 25.8 Å². The Hall–Kier alpha value is -1.24. The van der Waals surface area contributed by atoms with Gasteiger partial charge in [-0.15, -0.1) is 0 Å². The van der Waals surface area contributed by atoms with Gasteiger partial charge < -0.3 is 0 Å². The average Bonchev–Trinajstić information content (AvgIpc) is 2.68. The normalized spacial score (nSPS) is 23.8. The van der Waals surface area contributed by atoms with E-state index in [4.69, 9.17) is 0 Å². The summed E-state index contributed by atoms with van der Waals surface area (Å²) in [5.41, 5.74) is 0. The van der Waals surface area contributed by atoms with Crippen molar-refractivity contribution in [1.82, 2.24) is 9.80 Å². The molecule has 98 valence electrons. The average molecular weight is 316 g/mol. The van der Waals surface area contributed by atoms with Crippen LogP contribution in [0.5, 0.6) is 0 Å². The molecule has 1 unspecified atom stereocenters. The van der Waals surface area contributed by atoms with Gasteiger partial charge in [-0.25, -0.2) is 9.37 Å². The Labute approximate surface area is 114 Å². The number of amidine groups is 2. The predicted octanol–water partition coefficient (Wildman–Crippen LogP) is 0.854. The number of imide groups is 1. The van der Waals surface area contributed by atoms with Crippen molar-refractivity contribution in [3.63, 3.8) is 0 Å². The number of unbranched alkanes of at least 4 members (excludes halogenated alkanes) is 1. The third kappa shape index (κ3) is 1.86. The zero-order valence-corrected chi connectivity index (χ0v) is 12.3. The molecule has 2 aliphatic heterocycles. The van der Waals surface area contributed by atoms with E-state index in [1.807, 2.05) is 4.58 Å². The fourth-order valence-corrected chi connectivity index (χ4v) is 2.68. The van der Waals surface area contributed by atoms with Crippen molar-refractivity contribution in [3.05, 3.63) is 0 Å². The van der Waals surface area contributed by atoms with Crippen LogP contribution in [-0.4, -0.2) is 63.6 Å². The number of nitrogens with zero attached hydrogens (tertiary/aromatic N) is 4. The number of urea groups is 1. The number of hydrogen-bond acceptors (Lipinski definition) is 3. The second-order valence-electron chi connectivity index (χ2n) is 4.43. The molecule has 0 N–H and O–H groups in total. The van der Waals surface area contributed by atoms with Crippen LogP contribution in [0.2, 0.25) is 0 Å². The summed E-state index contributed by atoms with van der Waals surface area (Å²) in [5, 5.41) is 0. The minimum absolute atomic E-state index is 0.220. The summed E-state index contributed by atoms with van der Waals surface area (Å²) < 4.78 is 2.53. The fourth-order valence-electron chi connectivity index (χ4n) is 2.12. The second kappa shape index (κ2) is 4.79. The Morgan fingerprint density at radius 2 is 2.00 bits per heavy atom. The summed E-state index contributed by atoms with van der Waals surface area (Å²) in [6.07, 6.45) is 2.01. The maximum atomic E-state index is 12.2. The number of aliphatic imine (C=N–C) groups is 1. The fraction of sp³-hybridized carbons (Fsp3) is 0.636. The molecule has 0 saturated carbocycles. The number of fused-ring (bicyclic) bond motifs is 1. The number of amides is 3. The number of halogens is 1. The quantitative estimate of drug-likeness (QED) is 0.573. The number of hydrogen-bond donors (Lipinski definition) is 0. The highest BCUT2D eigenvalue weighted by atomic mass is 79.9. The van der Waals surface area contributed by atoms with Crippen molar-refractivity contribution in [3.8, 4) is 0 Å². The van der Waals surface area contributed by atoms with Gasteiger partial charge in [0.25, 0.3) is 17.8 Å². The van der Waals surface area contributed by atoms with E-state index in [0.29, 0.717) is 10.6 Å². The summed E-state index contributed by atoms with van der Waals surface area (Å²) in [4.78, 5) is 30.9. The van der Waals surface area contributed by atoms with E-state index in [9.17, 15) is 9.59 Å². The zero-order chi connectivity index (χ0) is 13.4. The molecule has 1 saturated heterocycles. The molecule has 2 rings (SSSR count). The topological polar surface area (TPSA) is 56.0 Å². The summed E-state index contributed by atoms with van der Waals surface area (Å²) in [7, 11) is 3.14. The van der Waals surface area contributed by atoms with Crippen molar-refractivity contribution in [2.75, 3.05) is 20.6 Å². The second-order valence-corrected chi connectivity index (χ2v) is 5.14. The van der Waals surface area contributed by atoms with Gasteiger partial charge in [0.1, 0.15) is 0 Å². The third-order valence-electron chi connectivity index (χ3n) is 3.23. The van der Waals surface area contributed by atoms with Crippen LogP contribution < -0.4 is 0 Å². The smallest absolute Gasteiger partial charge is 0.269 e. The Balaban J connectivity index is 2.33. The van der Waals surface area contributed by atoms with Crippen LogP contribution in [0.15, 0.2) is 4.99 Å². The van der Waals surface area contributed by atoms with Gasteiger partial charge >= 0.3 is 10.8 Å². The highest BCUT2D eigenvalue weighted by molar-refractivity contribution is 9.18. The van der Waals surface area contributed by atoms with Gasteiger partial charge in [0, 0.05) is 14.1 Å². The van der Waals surface area contributed by atoms with Crippen LogP contribution >= 0.6 is 15.9 Å². The monoisotopic (exact) mass is 315 g/mol. The van der Waals surface area contributed by atoms with E-state index in [2.05, 4.69) is 27.8 Å². The summed E-state index contributed by atoms with van der Waals surface area (Å²) >= 11 is 3.37. The molecular formula is C11H16BrN4O2+. The molecule has 0 aromatic carbocycles. The van der Waals surface area contributed by atoms with Crippen LogP contribution in [0, 0.1) is 0 Å². The first kappa shape index (κ1) is 13.2. The lowest BCUT2D eigenvalue weighted by molar-refractivity contribution is -0.533. The van der Waals surface area contributed by atoms with E-state index >= 15 is 0 Å². The van der Waals surface area contributed by atoms with Gasteiger partial charge in [0.15, 0.2) is 0 Å². The zero-order valence-electron chi connectivity index (χ0n) is 10.7. The first-order valence-electron chi connectivity index (χ1n) is 5.92. The van der Waals surface area contributed by atoms with Crippen LogP contribution in [0.1, 0.15) is 19.8 Å². The minimum atomic E-state index is -0.473. The standard InChI is InChI=1S/C11H16BrN4O2/c1-4-5-6-16-7-8(13-10(16)12)14(2)11(18)15(3)9(7)17/h7H,4-6H2,1-3H3/q+1. The number of likely N-dealkylation sites (N-methyl/N-ethyl adjacent to an activating group) is 2. The predicted molar refractivity (Wildman–Crippen MR) is 71.1 cm³/mol. The van der Waals surface area contributed by atoms with E-state index in [-0.39, 0.29) is 11.9 Å². The van der Waals surface area contributed by atoms with E-state index in [1.165, 1.54) is 11.9 Å². The van der Waals surface area contributed by atoms with E-state index in [0.717, 1.165) is 24.3 Å². The molecule has 2 aliphatic rings. The van der Waals surface area contributed by atoms with Crippen LogP contribution in [0.3, 0.4) is 0 Å². The third-order valence-corrected chi connectivity index (χ3v) is 3.87. The maximum Gasteiger partial charge on any atom is 0.364 e. The van der Waals surface area contributed by atoms with Gasteiger partial charge in [-0.05, 0) is 11.4 Å². The molecule has 1 atom stereocenters. The minimum Gasteiger partial charge on any atom is -0.269 e. The van der Waals surface area contributed by atoms with Crippen molar-refractivity contribution in [1.29, 1.82) is 0 Å². The van der Waals surface area contributed by atoms with Crippen molar-refractivity contribution in [2.24, 2.45) is 4.99 Å². The first-order valence-corrected chi connectivity index (χ1v) is 6.71. The van der Waals surface area contributed by atoms with Crippen molar-refractivity contribution >= 4 is 38.4 Å². The van der Waals surface area contributed by atoms with E-state index in [1.54, 1.807) is 7.05 Å². The number of carbonyl (C=O) groups is 2. The molecular weight excluding hydrogens is 300 g/mol. The molecule has 3 amide bonds. The SMILES string of the molecule is CCCC[N+]1=C(Br)N=C2C1C(=O)N(C)C(=O)N2C. The first-order chi connectivity index (χ1) is 8.49. The van der Waals surface area contributed by atoms with Gasteiger partial charge in [-0.1, -0.05) is 13.3 Å². The summed E-state index contributed by atoms with van der Waals surface area (Å²) in [5.74, 6) is 0.286. The Morgan fingerprint density at radius 3 is 2.61 bits per heavy atom. The summed E-state index contributed by atoms with van der Waals surface area (Å²) in [6, 6.07) is -0.814. The molecule has 1 fully saturated rings. The van der Waals surface area contributed by atoms with Crippen LogP contribution in [0.4, 0.5) is 4.79 Å². The highest BCUT2D eigenvalue weighted by Crippen LogP contribution is 2.20. The highest BCUT2D eigenvalue weighted by Gasteiger charge is 2.52. The van der Waals surface area contributed by atoms with Gasteiger partial charge in [-0.3, -0.25) is 14.6 Å². The Kier molecular flexibility index (Phi) is 3.52. The van der Waals surface area contributed by atoms with Gasteiger partial charge in [0.2, 0.25) is 0 Å². The molecule has 0 aliphatic carbocycles. The molecule has 7 heteroatoms. The molecule has 0 spiro atoms. The molecule has 0 aromatic rings. The lowest BCUT2D eigenvalue weighted by Crippen LogP contribution is -2.61. The molecule has 18 heavy (non-hydrogen) atoms. The number of rotatable bonds is 3. The largest absolute Gasteiger partial charge is 0.364 e. The molecule has 0 bridgehead atoms. The molecule has 6 nitrogen and oxygen atoms in total. The Bertz CT molecular complexity index is 472. The molecule has 2 heterocycles. The Morgan fingerprint density at radius 1 is 1.33 bits per heavy atom. The molecule has 0 radical (unpaired) electrons. The lowest BCUT2D eigenvalue weighted by Gasteiger charge is -2.30. The van der Waals surface area contributed by atoms with Gasteiger partial charge in [-0.2, -0.15) is 0 Å². The van der Waals surface area contributed by atoms with Crippen LogP contribution in [-0.2, 0) is 4.79 Å². The van der Waals surface area contributed by atoms with Gasteiger partial charge in [0.05, 0.1) is 22.5 Å². The van der Waals surface area contributed by atoms with Crippen molar-refractivity contribution < 1.29 is 14.2 Å². The lowest BCUT2D eigenvalue weighted by atomic mass is 10.1. The van der Waals surface area contributed by atoms with E-state index < -0.39 is 6.04 Å².